The van der Waals surface area contributed by atoms with Gasteiger partial charge in [-0.1, -0.05) is 84.6 Å². The van der Waals surface area contributed by atoms with Gasteiger partial charge in [-0.2, -0.15) is 0 Å². The van der Waals surface area contributed by atoms with Gasteiger partial charge in [0.15, 0.2) is 12.1 Å². The van der Waals surface area contributed by atoms with Crippen LogP contribution in [0.5, 0.6) is 0 Å². The van der Waals surface area contributed by atoms with E-state index in [9.17, 15) is 83.1 Å². The predicted molar refractivity (Wildman–Crippen MR) is 328 cm³/mol. The number of rotatable bonds is 33. The Hall–Kier alpha value is -6.65. The van der Waals surface area contributed by atoms with Crippen LogP contribution < -0.4 is 70.4 Å². The van der Waals surface area contributed by atoms with Gasteiger partial charge >= 0.3 is 11.9 Å². The fourth-order valence-electron chi connectivity index (χ4n) is 9.20. The van der Waals surface area contributed by atoms with Crippen LogP contribution in [0.4, 0.5) is 0 Å². The quantitative estimate of drug-likeness (QED) is 0.0127. The van der Waals surface area contributed by atoms with Gasteiger partial charge in [0.05, 0.1) is 37.0 Å². The summed E-state index contributed by atoms with van der Waals surface area (Å²) in [5.74, 6) is -16.4. The van der Waals surface area contributed by atoms with Crippen LogP contribution in [0, 0.1) is 0 Å². The van der Waals surface area contributed by atoms with E-state index in [1.807, 2.05) is 29.4 Å². The van der Waals surface area contributed by atoms with Crippen molar-refractivity contribution in [3.05, 3.63) is 11.8 Å². The molecule has 21 N–H and O–H groups in total. The maximum Gasteiger partial charge on any atom is 0.335 e. The summed E-state index contributed by atoms with van der Waals surface area (Å²) in [4.78, 5) is 168. The summed E-state index contributed by atoms with van der Waals surface area (Å²) in [7, 11) is 0. The van der Waals surface area contributed by atoms with Gasteiger partial charge in [0.1, 0.15) is 54.6 Å². The van der Waals surface area contributed by atoms with Crippen molar-refractivity contribution in [3.63, 3.8) is 0 Å². The number of alkyl halides is 1. The van der Waals surface area contributed by atoms with Crippen LogP contribution in [0.25, 0.3) is 0 Å². The minimum Gasteiger partial charge on any atom is -0.479 e. The third kappa shape index (κ3) is 30.9. The van der Waals surface area contributed by atoms with Gasteiger partial charge in [0.25, 0.3) is 5.91 Å². The van der Waals surface area contributed by atoms with Gasteiger partial charge in [0, 0.05) is 13.1 Å². The van der Waals surface area contributed by atoms with Crippen molar-refractivity contribution in [3.8, 4) is 0 Å². The average Bonchev–Trinajstić information content (AvgIpc) is 1.31. The number of aliphatic hydroxyl groups is 4. The number of carboxylic acid groups (broad SMARTS) is 1. The van der Waals surface area contributed by atoms with E-state index < -0.39 is 181 Å². The minimum absolute atomic E-state index is 0.104. The maximum atomic E-state index is 14.5. The zero-order valence-electron chi connectivity index (χ0n) is 52.5. The number of hydrogen-bond acceptors (Lipinski definition) is 21. The maximum absolute atomic E-state index is 14.5. The largest absolute Gasteiger partial charge is 0.479 e. The summed E-state index contributed by atoms with van der Waals surface area (Å²) in [6.07, 6.45) is 0.311. The highest BCUT2D eigenvalue weighted by molar-refractivity contribution is 6.18. The summed E-state index contributed by atoms with van der Waals surface area (Å²) < 4.78 is 5.35. The van der Waals surface area contributed by atoms with Crippen molar-refractivity contribution in [2.24, 2.45) is 17.2 Å². The SMILES string of the molecule is C/C=C1\NC(=O)[C@H]([C@H](C)O)NC(=O)[C@H](CCN)NC(=O)[C@H](CCCCN)NC(=O)[C@H](CC(=O)NCCN(CC)CC)NC(=O)[C@@H](CCN)NC(=O)[C@@H](NC(=O)C[C@H](O)CCCCCCCCCCC)COC(=O)[C@H]([C@H](O)CCl)NC(=O)[C@H]([C@H](O)C(=O)O)NC1=O. The summed E-state index contributed by atoms with van der Waals surface area (Å²) in [5.41, 5.74) is 16.7. The molecule has 12 atom stereocenters. The first kappa shape index (κ1) is 81.4. The Balaban J connectivity index is 4.14. The van der Waals surface area contributed by atoms with Crippen molar-refractivity contribution >= 4 is 82.6 Å². The molecule has 90 heavy (non-hydrogen) atoms. The topological polar surface area (TPSA) is 517 Å². The molecule has 0 unspecified atom stereocenters. The van der Waals surface area contributed by atoms with Crippen molar-refractivity contribution in [2.75, 3.05) is 58.3 Å². The molecule has 0 aromatic carbocycles. The van der Waals surface area contributed by atoms with E-state index in [0.717, 1.165) is 64.4 Å². The number of esters is 1. The summed E-state index contributed by atoms with van der Waals surface area (Å²) in [5, 5.41) is 76.2. The molecule has 1 heterocycles. The predicted octanol–water partition coefficient (Wildman–Crippen LogP) is -4.79. The number of halogens is 1. The minimum atomic E-state index is -2.83. The fourth-order valence-corrected chi connectivity index (χ4v) is 9.38. The second kappa shape index (κ2) is 45.6. The Morgan fingerprint density at radius 1 is 0.633 bits per heavy atom. The van der Waals surface area contributed by atoms with E-state index in [0.29, 0.717) is 32.5 Å². The number of amides is 10. The van der Waals surface area contributed by atoms with Gasteiger partial charge < -0.3 is 106 Å². The van der Waals surface area contributed by atoms with E-state index >= 15 is 0 Å². The normalized spacial score (nSPS) is 23.6. The molecule has 33 heteroatoms. The standard InChI is InChI=1S/C57H101ClN14O18/c1-6-10-11-12-13-14-15-16-17-20-34(74)29-43(77)63-40-32-90-57(89)45(41(75)31-58)70-55(86)46(47(78)56(87)88)71-48(79)35(7-2)64-54(85)44(33(5)73)69-51(82)38(23-26-61)66-49(80)36(21-18-19-24-59)65-52(83)39(30-42(76)62-27-28-72(8-3)9-4)68-50(81)37(22-25-60)67-53(40)84/h7,33-34,36-41,44-47,73-75,78H,6,8-32,59-61H2,1-5H3,(H,62,76)(H,63,77)(H,64,85)(H,65,83)(H,66,80)(H,67,84)(H,68,81)(H,69,82)(H,70,86)(H,71,79)(H,87,88)/b35-7-/t33-,34+,36-,37+,38-,39-,40-,41+,44-,45-,46-,47-/m0/s1. The van der Waals surface area contributed by atoms with E-state index in [1.165, 1.54) is 6.92 Å². The van der Waals surface area contributed by atoms with Crippen molar-refractivity contribution in [2.45, 2.75) is 217 Å². The highest BCUT2D eigenvalue weighted by atomic mass is 35.5. The molecule has 1 aliphatic rings. The molecule has 0 aliphatic carbocycles. The van der Waals surface area contributed by atoms with E-state index in [-0.39, 0.29) is 51.9 Å². The van der Waals surface area contributed by atoms with Gasteiger partial charge in [0.2, 0.25) is 53.2 Å². The number of carboxylic acids is 1. The lowest BCUT2D eigenvalue weighted by atomic mass is 10.0. The Morgan fingerprint density at radius 2 is 1.16 bits per heavy atom. The summed E-state index contributed by atoms with van der Waals surface area (Å²) in [6.45, 7) is 8.36. The number of likely N-dealkylation sites (N-methyl/N-ethyl adjacent to an activating group) is 1. The number of aliphatic hydroxyl groups excluding tert-OH is 4. The molecule has 0 spiro atoms. The molecule has 0 aromatic heterocycles. The monoisotopic (exact) mass is 1300 g/mol. The van der Waals surface area contributed by atoms with Crippen LogP contribution in [0.3, 0.4) is 0 Å². The zero-order valence-corrected chi connectivity index (χ0v) is 53.2. The third-order valence-corrected chi connectivity index (χ3v) is 14.9. The molecule has 32 nitrogen and oxygen atoms in total. The number of unbranched alkanes of at least 4 members (excludes halogenated alkanes) is 9. The smallest absolute Gasteiger partial charge is 0.335 e. The molecule has 0 aromatic rings. The zero-order chi connectivity index (χ0) is 67.9. The second-order valence-corrected chi connectivity index (χ2v) is 22.2. The second-order valence-electron chi connectivity index (χ2n) is 21.9. The van der Waals surface area contributed by atoms with E-state index in [4.69, 9.17) is 33.5 Å². The Kier molecular flexibility index (Phi) is 41.2. The summed E-state index contributed by atoms with van der Waals surface area (Å²) in [6, 6.07) is -15.5. The first-order valence-corrected chi connectivity index (χ1v) is 31.5. The van der Waals surface area contributed by atoms with E-state index in [2.05, 4.69) is 49.5 Å². The number of ether oxygens (including phenoxy) is 1. The number of nitrogens with zero attached hydrogens (tertiary/aromatic N) is 1. The van der Waals surface area contributed by atoms with Crippen LogP contribution in [-0.4, -0.2) is 232 Å². The number of nitrogens with one attached hydrogen (secondary N) is 10. The Morgan fingerprint density at radius 3 is 1.68 bits per heavy atom. The molecule has 514 valence electrons. The van der Waals surface area contributed by atoms with Crippen LogP contribution in [0.15, 0.2) is 11.8 Å². The molecule has 0 saturated carbocycles. The van der Waals surface area contributed by atoms with Gasteiger partial charge in [-0.05, 0) is 85.1 Å². The molecule has 1 fully saturated rings. The molecule has 1 saturated heterocycles. The van der Waals surface area contributed by atoms with Gasteiger partial charge in [-0.25, -0.2) is 9.59 Å². The number of aliphatic carboxylic acids is 1. The lowest BCUT2D eigenvalue weighted by Crippen LogP contribution is -2.62. The van der Waals surface area contributed by atoms with Crippen molar-refractivity contribution in [1.29, 1.82) is 0 Å². The van der Waals surface area contributed by atoms with Crippen LogP contribution >= 0.6 is 11.6 Å². The first-order chi connectivity index (χ1) is 42.8. The summed E-state index contributed by atoms with van der Waals surface area (Å²) >= 11 is 5.91. The number of carbonyl (C=O) groups is 12. The number of hydrogen-bond donors (Lipinski definition) is 18. The third-order valence-electron chi connectivity index (χ3n) is 14.6. The lowest BCUT2D eigenvalue weighted by molar-refractivity contribution is -0.155. The molecule has 10 amide bonds. The highest BCUT2D eigenvalue weighted by Gasteiger charge is 2.41. The molecular formula is C57H101ClN14O18. The molecule has 0 radical (unpaired) electrons. The van der Waals surface area contributed by atoms with Crippen molar-refractivity contribution in [1.82, 2.24) is 58.1 Å². The Labute approximate surface area is 530 Å². The average molecular weight is 1310 g/mol. The fraction of sp³-hybridized carbons (Fsp3) is 0.754. The number of cyclic esters (lactones) is 1. The van der Waals surface area contributed by atoms with Gasteiger partial charge in [-0.3, -0.25) is 47.9 Å². The van der Waals surface area contributed by atoms with Crippen LogP contribution in [0.1, 0.15) is 144 Å². The number of allylic oxidation sites excluding steroid dienone is 1. The highest BCUT2D eigenvalue weighted by Crippen LogP contribution is 2.14. The molecule has 1 aliphatic heterocycles. The lowest BCUT2D eigenvalue weighted by Gasteiger charge is -2.29. The number of nitrogens with two attached hydrogens (primary N) is 3. The Bertz CT molecular complexity index is 2340. The van der Waals surface area contributed by atoms with Crippen molar-refractivity contribution < 1.29 is 87.8 Å². The molecule has 0 bridgehead atoms. The number of carbonyl (C=O) groups excluding carboxylic acids is 11. The van der Waals surface area contributed by atoms with Crippen LogP contribution in [0.2, 0.25) is 0 Å². The molecule has 1 rings (SSSR count). The van der Waals surface area contributed by atoms with Gasteiger partial charge in [-0.15, -0.1) is 11.6 Å². The van der Waals surface area contributed by atoms with E-state index in [1.54, 1.807) is 0 Å². The molecular weight excluding hydrogens is 1200 g/mol. The first-order valence-electron chi connectivity index (χ1n) is 30.9. The van der Waals surface area contributed by atoms with Crippen LogP contribution in [-0.2, 0) is 62.3 Å².